The summed E-state index contributed by atoms with van der Waals surface area (Å²) in [4.78, 5) is 10.5. The second kappa shape index (κ2) is 9.94. The molecule has 6 nitrogen and oxygen atoms in total. The van der Waals surface area contributed by atoms with E-state index < -0.39 is 6.10 Å². The number of likely N-dealkylation sites (tertiary alicyclic amines) is 1. The summed E-state index contributed by atoms with van der Waals surface area (Å²) in [6.07, 6.45) is 1.67. The molecule has 4 rings (SSSR count). The Kier molecular flexibility index (Phi) is 6.83. The number of hydrogen-bond acceptors (Lipinski definition) is 4. The Balaban J connectivity index is 1.34. The molecule has 3 aromatic rings. The van der Waals surface area contributed by atoms with Gasteiger partial charge in [-0.3, -0.25) is 10.1 Å². The van der Waals surface area contributed by atoms with Crippen molar-refractivity contribution >= 4 is 5.69 Å². The summed E-state index contributed by atoms with van der Waals surface area (Å²) >= 11 is 0. The first-order chi connectivity index (χ1) is 15.5. The number of non-ortho nitro benzene ring substituents is 1. The highest BCUT2D eigenvalue weighted by molar-refractivity contribution is 5.63. The van der Waals surface area contributed by atoms with Crippen LogP contribution in [-0.4, -0.2) is 46.9 Å². The summed E-state index contributed by atoms with van der Waals surface area (Å²) in [5.74, 6) is 0.743. The van der Waals surface area contributed by atoms with Crippen molar-refractivity contribution < 1.29 is 19.2 Å². The van der Waals surface area contributed by atoms with E-state index in [0.717, 1.165) is 59.4 Å². The molecule has 1 aliphatic rings. The van der Waals surface area contributed by atoms with Gasteiger partial charge < -0.3 is 14.3 Å². The lowest BCUT2D eigenvalue weighted by Gasteiger charge is -2.36. The summed E-state index contributed by atoms with van der Waals surface area (Å²) in [6.45, 7) is 3.62. The fourth-order valence-electron chi connectivity index (χ4n) is 4.59. The minimum Gasteiger partial charge on any atom is -0.491 e. The molecule has 1 unspecified atom stereocenters. The predicted molar refractivity (Wildman–Crippen MR) is 124 cm³/mol. The molecule has 3 aromatic carbocycles. The Hall–Kier alpha value is -3.22. The predicted octanol–water partition coefficient (Wildman–Crippen LogP) is 4.81. The molecule has 1 atom stereocenters. The topological polar surface area (TPSA) is 72.6 Å². The van der Waals surface area contributed by atoms with Crippen molar-refractivity contribution in [3.8, 4) is 16.9 Å². The lowest BCUT2D eigenvalue weighted by atomic mass is 10.1. The van der Waals surface area contributed by atoms with Gasteiger partial charge in [0.15, 0.2) is 0 Å². The average molecular weight is 434 g/mol. The molecule has 1 saturated heterocycles. The number of hydrogen-bond donors (Lipinski definition) is 1. The molecule has 6 heteroatoms. The normalized spacial score (nSPS) is 15.9. The summed E-state index contributed by atoms with van der Waals surface area (Å²) in [6, 6.07) is 24.9. The minimum absolute atomic E-state index is 0.105. The van der Waals surface area contributed by atoms with Crippen LogP contribution in [0.5, 0.6) is 5.75 Å². The second-order valence-corrected chi connectivity index (χ2v) is 8.62. The van der Waals surface area contributed by atoms with Gasteiger partial charge >= 0.3 is 0 Å². The number of aliphatic hydroxyl groups is 1. The third-order valence-corrected chi connectivity index (χ3v) is 6.18. The molecule has 0 aliphatic carbocycles. The minimum atomic E-state index is -0.583. The van der Waals surface area contributed by atoms with E-state index in [2.05, 4.69) is 12.1 Å². The van der Waals surface area contributed by atoms with Crippen LogP contribution < -0.4 is 4.74 Å². The molecule has 1 aliphatic heterocycles. The zero-order valence-corrected chi connectivity index (χ0v) is 18.1. The van der Waals surface area contributed by atoms with Gasteiger partial charge in [0.1, 0.15) is 31.5 Å². The maximum absolute atomic E-state index is 10.9. The van der Waals surface area contributed by atoms with Crippen LogP contribution in [0.3, 0.4) is 0 Å². The summed E-state index contributed by atoms with van der Waals surface area (Å²) in [5, 5.41) is 21.6. The Morgan fingerprint density at radius 3 is 2.16 bits per heavy atom. The van der Waals surface area contributed by atoms with Crippen LogP contribution in [-0.2, 0) is 6.54 Å². The molecule has 0 radical (unpaired) electrons. The molecule has 0 saturated carbocycles. The van der Waals surface area contributed by atoms with Crippen LogP contribution >= 0.6 is 0 Å². The number of benzene rings is 3. The summed E-state index contributed by atoms with van der Waals surface area (Å²) in [5.41, 5.74) is 3.45. The van der Waals surface area contributed by atoms with Crippen molar-refractivity contribution in [2.24, 2.45) is 0 Å². The van der Waals surface area contributed by atoms with Gasteiger partial charge in [-0.15, -0.1) is 0 Å². The number of quaternary nitrogens is 1. The van der Waals surface area contributed by atoms with Gasteiger partial charge in [-0.1, -0.05) is 42.5 Å². The van der Waals surface area contributed by atoms with Gasteiger partial charge in [0.2, 0.25) is 0 Å². The Bertz CT molecular complexity index is 1010. The quantitative estimate of drug-likeness (QED) is 0.299. The van der Waals surface area contributed by atoms with E-state index >= 15 is 0 Å². The number of aliphatic hydroxyl groups excluding tert-OH is 1. The SMILES string of the molecule is O=[N+]([O-])c1ccc(C[N+]2(CC(O)COc3ccc(-c4ccccc4)cc3)CCCC2)cc1. The molecule has 0 bridgehead atoms. The third kappa shape index (κ3) is 5.52. The van der Waals surface area contributed by atoms with E-state index in [9.17, 15) is 15.2 Å². The summed E-state index contributed by atoms with van der Waals surface area (Å²) < 4.78 is 6.66. The van der Waals surface area contributed by atoms with Gasteiger partial charge in [0.25, 0.3) is 5.69 Å². The maximum Gasteiger partial charge on any atom is 0.269 e. The number of nitrogens with zero attached hydrogens (tertiary/aromatic N) is 2. The highest BCUT2D eigenvalue weighted by atomic mass is 16.6. The van der Waals surface area contributed by atoms with Gasteiger partial charge in [-0.25, -0.2) is 0 Å². The number of ether oxygens (including phenoxy) is 1. The lowest BCUT2D eigenvalue weighted by Crippen LogP contribution is -2.50. The van der Waals surface area contributed by atoms with Crippen molar-refractivity contribution in [3.05, 3.63) is 94.5 Å². The third-order valence-electron chi connectivity index (χ3n) is 6.18. The Morgan fingerprint density at radius 2 is 1.53 bits per heavy atom. The first-order valence-corrected chi connectivity index (χ1v) is 11.1. The number of nitro benzene ring substituents is 1. The Labute approximate surface area is 188 Å². The number of rotatable bonds is 9. The standard InChI is InChI=1S/C26H29N2O4/c29-25(20-32-26-14-10-23(11-15-26)22-6-2-1-3-7-22)19-28(16-4-5-17-28)18-21-8-12-24(13-9-21)27(30)31/h1-3,6-15,25,29H,4-5,16-20H2/q+1. The van der Waals surface area contributed by atoms with Crippen LogP contribution in [0.4, 0.5) is 5.69 Å². The van der Waals surface area contributed by atoms with Crippen molar-refractivity contribution in [1.82, 2.24) is 0 Å². The largest absolute Gasteiger partial charge is 0.491 e. The van der Waals surface area contributed by atoms with Crippen LogP contribution in [0.25, 0.3) is 11.1 Å². The smallest absolute Gasteiger partial charge is 0.269 e. The van der Waals surface area contributed by atoms with Crippen LogP contribution in [0.15, 0.2) is 78.9 Å². The fourth-order valence-corrected chi connectivity index (χ4v) is 4.59. The molecule has 1 fully saturated rings. The van der Waals surface area contributed by atoms with Crippen LogP contribution in [0.1, 0.15) is 18.4 Å². The van der Waals surface area contributed by atoms with E-state index in [0.29, 0.717) is 6.54 Å². The average Bonchev–Trinajstić information content (AvgIpc) is 3.26. The van der Waals surface area contributed by atoms with Gasteiger partial charge in [0, 0.05) is 30.5 Å². The van der Waals surface area contributed by atoms with Crippen LogP contribution in [0.2, 0.25) is 0 Å². The highest BCUT2D eigenvalue weighted by Crippen LogP contribution is 2.26. The molecule has 32 heavy (non-hydrogen) atoms. The van der Waals surface area contributed by atoms with Gasteiger partial charge in [0.05, 0.1) is 18.0 Å². The van der Waals surface area contributed by atoms with E-state index in [1.165, 1.54) is 0 Å². The Morgan fingerprint density at radius 1 is 0.906 bits per heavy atom. The molecule has 0 spiro atoms. The van der Waals surface area contributed by atoms with E-state index in [-0.39, 0.29) is 17.2 Å². The molecular weight excluding hydrogens is 404 g/mol. The van der Waals surface area contributed by atoms with E-state index in [4.69, 9.17) is 4.74 Å². The molecule has 166 valence electrons. The van der Waals surface area contributed by atoms with Crippen molar-refractivity contribution in [1.29, 1.82) is 0 Å². The van der Waals surface area contributed by atoms with Crippen molar-refractivity contribution in [2.45, 2.75) is 25.5 Å². The van der Waals surface area contributed by atoms with E-state index in [1.54, 1.807) is 12.1 Å². The number of nitro groups is 1. The maximum atomic E-state index is 10.9. The zero-order chi connectivity index (χ0) is 22.4. The monoisotopic (exact) mass is 433 g/mol. The first kappa shape index (κ1) is 22.0. The first-order valence-electron chi connectivity index (χ1n) is 11.1. The molecular formula is C26H29N2O4+. The lowest BCUT2D eigenvalue weighted by molar-refractivity contribution is -0.932. The van der Waals surface area contributed by atoms with Gasteiger partial charge in [-0.2, -0.15) is 0 Å². The zero-order valence-electron chi connectivity index (χ0n) is 18.1. The van der Waals surface area contributed by atoms with Crippen molar-refractivity contribution in [2.75, 3.05) is 26.2 Å². The molecule has 0 aromatic heterocycles. The summed E-state index contributed by atoms with van der Waals surface area (Å²) in [7, 11) is 0. The molecule has 1 heterocycles. The molecule has 1 N–H and O–H groups in total. The van der Waals surface area contributed by atoms with Crippen LogP contribution in [0, 0.1) is 10.1 Å². The van der Waals surface area contributed by atoms with Gasteiger partial charge in [-0.05, 0) is 35.4 Å². The highest BCUT2D eigenvalue weighted by Gasteiger charge is 2.34. The second-order valence-electron chi connectivity index (χ2n) is 8.62. The van der Waals surface area contributed by atoms with Crippen molar-refractivity contribution in [3.63, 3.8) is 0 Å². The fraction of sp³-hybridized carbons (Fsp3) is 0.308. The van der Waals surface area contributed by atoms with E-state index in [1.807, 2.05) is 54.6 Å². The molecule has 0 amide bonds.